The van der Waals surface area contributed by atoms with Gasteiger partial charge in [-0.15, -0.1) is 0 Å². The quantitative estimate of drug-likeness (QED) is 0.215. The highest BCUT2D eigenvalue weighted by molar-refractivity contribution is 7.63. The summed E-state index contributed by atoms with van der Waals surface area (Å²) in [5.41, 5.74) is 0. The number of amides is 1. The maximum Gasteiger partial charge on any atom is 0.210 e. The number of aliphatic hydroxyl groups excluding tert-OH is 1. The van der Waals surface area contributed by atoms with E-state index in [1.807, 2.05) is 6.92 Å². The van der Waals surface area contributed by atoms with Crippen molar-refractivity contribution in [3.8, 4) is 0 Å². The van der Waals surface area contributed by atoms with Gasteiger partial charge in [0, 0.05) is 21.5 Å². The lowest BCUT2D eigenvalue weighted by Crippen LogP contribution is -2.50. The Morgan fingerprint density at radius 3 is 2.83 bits per heavy atom. The molecule has 0 saturated carbocycles. The van der Waals surface area contributed by atoms with Gasteiger partial charge in [-0.05, 0) is 9.09 Å². The number of hydrazine groups is 1. The lowest BCUT2D eigenvalue weighted by molar-refractivity contribution is 0.0745. The van der Waals surface area contributed by atoms with Crippen LogP contribution in [-0.4, -0.2) is 65.3 Å². The average molecular weight is 280 g/mol. The summed E-state index contributed by atoms with van der Waals surface area (Å²) in [6, 6.07) is -0.478. The molecular weight excluding hydrogens is 252 g/mol. The number of hydrogen-bond acceptors (Lipinski definition) is 4. The van der Waals surface area contributed by atoms with E-state index in [-0.39, 0.29) is 6.54 Å². The van der Waals surface area contributed by atoms with Crippen LogP contribution in [-0.2, 0) is 11.8 Å². The summed E-state index contributed by atoms with van der Waals surface area (Å²) >= 11 is -1.95. The Hall–Kier alpha value is -0.370. The van der Waals surface area contributed by atoms with E-state index in [4.69, 9.17) is 3.80 Å². The molecule has 1 amide bonds. The highest BCUT2D eigenvalue weighted by atomic mass is 32.2. The first-order valence-electron chi connectivity index (χ1n) is 7.14. The summed E-state index contributed by atoms with van der Waals surface area (Å²) in [4.78, 5) is 13.5. The van der Waals surface area contributed by atoms with Gasteiger partial charge in [-0.2, -0.15) is 4.83 Å². The molecule has 103 valence electrons. The minimum absolute atomic E-state index is 0.129. The number of rotatable bonds is 10. The summed E-state index contributed by atoms with van der Waals surface area (Å²) in [6.45, 7) is 4.30. The van der Waals surface area contributed by atoms with E-state index in [0.29, 0.717) is 20.8 Å². The highest BCUT2D eigenvalue weighted by Gasteiger charge is 2.21. The Morgan fingerprint density at radius 1 is 1.72 bits per heavy atom. The number of aliphatic hydroxyl groups is 1. The molecule has 0 aromatic rings. The molecule has 9 heteroatoms. The molecule has 3 atom stereocenters. The van der Waals surface area contributed by atoms with Crippen molar-refractivity contribution in [2.75, 3.05) is 13.1 Å². The zero-order valence-corrected chi connectivity index (χ0v) is 11.6. The van der Waals surface area contributed by atoms with Gasteiger partial charge in [0.05, 0.1) is 23.9 Å². The Morgan fingerprint density at radius 2 is 2.39 bits per heavy atom. The van der Waals surface area contributed by atoms with Crippen molar-refractivity contribution < 1.29 is 14.1 Å². The van der Waals surface area contributed by atoms with E-state index in [1.165, 1.54) is 5.01 Å². The fourth-order valence-corrected chi connectivity index (χ4v) is 1.80. The molecule has 3 unspecified atom stereocenters. The molecule has 6 nitrogen and oxygen atoms in total. The second-order valence-electron chi connectivity index (χ2n) is 3.68. The van der Waals surface area contributed by atoms with Crippen LogP contribution in [0.4, 0.5) is 4.79 Å². The Balaban J connectivity index is 0. The van der Waals surface area contributed by atoms with Crippen LogP contribution in [0.15, 0.2) is 0 Å². The van der Waals surface area contributed by atoms with E-state index >= 15 is 0 Å². The monoisotopic (exact) mass is 280 g/mol. The summed E-state index contributed by atoms with van der Waals surface area (Å²) in [6.07, 6.45) is 0.464. The molecule has 0 fully saturated rings. The molecule has 0 heterocycles. The predicted octanol–water partition coefficient (Wildman–Crippen LogP) is -1.84. The molecule has 0 bridgehead atoms. The van der Waals surface area contributed by atoms with Crippen molar-refractivity contribution in [3.05, 3.63) is 0 Å². The Bertz CT molecular complexity index is 309. The maximum atomic E-state index is 11.2. The smallest absolute Gasteiger partial charge is 0.210 e. The van der Waals surface area contributed by atoms with Crippen LogP contribution in [0.25, 0.3) is 0 Å². The standard InChI is InChI=1S/C9H21BN3O3S.BH/c1-3-5-7(11-9(10)15)8(14)6-13(4-2)12-17-16;/h7-8,10,14,17H,3-6H2,1-2H3,(H,11,15)(H,12,16);1H/i10T,17T;1T. The second kappa shape index (κ2) is 11.7. The van der Waals surface area contributed by atoms with Crippen molar-refractivity contribution in [2.24, 2.45) is 0 Å². The molecule has 0 rings (SSSR count). The first kappa shape index (κ1) is 14.0. The van der Waals surface area contributed by atoms with Gasteiger partial charge in [0.2, 0.25) is 7.81 Å². The van der Waals surface area contributed by atoms with Gasteiger partial charge in [0.25, 0.3) is 0 Å². The number of nitrogens with zero attached hydrogens (tertiary/aromatic N) is 1. The zero-order valence-electron chi connectivity index (χ0n) is 13.8. The minimum Gasteiger partial charge on any atom is -0.390 e. The molecule has 0 aliphatic carbocycles. The highest BCUT2D eigenvalue weighted by Crippen LogP contribution is 2.04. The third kappa shape index (κ3) is 8.68. The SMILES string of the molecule is [3H][B].[3H][B]C(=O)NC(CCC)C(O)CN(CC)NS([3H])=O. The lowest BCUT2D eigenvalue weighted by atomic mass is 10.0. The van der Waals surface area contributed by atoms with Gasteiger partial charge < -0.3 is 10.4 Å². The predicted molar refractivity (Wildman–Crippen MR) is 77.5 cm³/mol. The van der Waals surface area contributed by atoms with Crippen LogP contribution in [0.2, 0.25) is 0 Å². The summed E-state index contributed by atoms with van der Waals surface area (Å²) in [5.74, 6) is -0.558. The number of carbonyl (C=O) groups is 1. The molecular formula is C9H22B2N3O3S. The molecule has 3 radical (unpaired) electrons. The van der Waals surface area contributed by atoms with E-state index in [9.17, 15) is 14.1 Å². The molecule has 0 aliphatic heterocycles. The molecule has 0 aromatic carbocycles. The third-order valence-electron chi connectivity index (χ3n) is 2.35. The first-order valence-corrected chi connectivity index (χ1v) is 6.32. The van der Waals surface area contributed by atoms with E-state index in [1.54, 1.807) is 6.92 Å². The van der Waals surface area contributed by atoms with Crippen LogP contribution in [0.3, 0.4) is 0 Å². The van der Waals surface area contributed by atoms with Gasteiger partial charge in [-0.1, -0.05) is 20.3 Å². The molecule has 3 N–H and O–H groups in total. The maximum absolute atomic E-state index is 11.2. The largest absolute Gasteiger partial charge is 0.390 e. The fraction of sp³-hybridized carbons (Fsp3) is 0.889. The Kier molecular flexibility index (Phi) is 9.14. The summed E-state index contributed by atoms with van der Waals surface area (Å²) < 4.78 is 29.8. The van der Waals surface area contributed by atoms with Gasteiger partial charge in [-0.3, -0.25) is 4.79 Å². The van der Waals surface area contributed by atoms with Crippen LogP contribution >= 0.6 is 0 Å². The van der Waals surface area contributed by atoms with Crippen molar-refractivity contribution in [2.45, 2.75) is 38.8 Å². The number of carbonyl (C=O) groups excluding carboxylic acids is 1. The van der Waals surface area contributed by atoms with Crippen LogP contribution < -0.4 is 10.1 Å². The third-order valence-corrected chi connectivity index (χ3v) is 2.68. The van der Waals surface area contributed by atoms with Crippen molar-refractivity contribution in [1.82, 2.24) is 15.2 Å². The Labute approximate surface area is 119 Å². The van der Waals surface area contributed by atoms with Crippen molar-refractivity contribution >= 4 is 33.7 Å². The van der Waals surface area contributed by atoms with E-state index < -0.39 is 29.7 Å². The fourth-order valence-electron chi connectivity index (χ4n) is 1.49. The lowest BCUT2D eigenvalue weighted by Gasteiger charge is -2.28. The summed E-state index contributed by atoms with van der Waals surface area (Å²) in [7, 11) is 4.41. The van der Waals surface area contributed by atoms with Crippen molar-refractivity contribution in [1.29, 1.82) is 3.80 Å². The molecule has 0 aromatic heterocycles. The normalized spacial score (nSPS) is 17.2. The van der Waals surface area contributed by atoms with Crippen molar-refractivity contribution in [3.63, 3.8) is 0 Å². The number of likely N-dealkylation sites (N-methyl/N-ethyl adjacent to an activating group) is 1. The van der Waals surface area contributed by atoms with Gasteiger partial charge in [-0.25, -0.2) is 9.22 Å². The molecule has 0 spiro atoms. The van der Waals surface area contributed by atoms with Crippen LogP contribution in [0.5, 0.6) is 0 Å². The van der Waals surface area contributed by atoms with Gasteiger partial charge in [0.15, 0.2) is 6.93 Å². The van der Waals surface area contributed by atoms with E-state index in [2.05, 4.69) is 18.5 Å². The molecule has 0 saturated heterocycles. The number of nitrogens with one attached hydrogen (secondary N) is 2. The van der Waals surface area contributed by atoms with Crippen LogP contribution in [0, 0.1) is 0 Å². The van der Waals surface area contributed by atoms with Crippen LogP contribution in [0.1, 0.15) is 26.7 Å². The topological polar surface area (TPSA) is 81.7 Å². The zero-order chi connectivity index (χ0) is 16.8. The number of hydrogen-bond donors (Lipinski definition) is 4. The second-order valence-corrected chi connectivity index (χ2v) is 4.03. The number of thiol groups is 1. The molecule has 0 aliphatic rings. The summed E-state index contributed by atoms with van der Waals surface area (Å²) in [5, 5.41) is 14.1. The minimum atomic E-state index is -1.95. The van der Waals surface area contributed by atoms with Gasteiger partial charge >= 0.3 is 0 Å². The molecule has 18 heavy (non-hydrogen) atoms. The first-order chi connectivity index (χ1) is 9.94. The average Bonchev–Trinajstić information content (AvgIpc) is 2.47. The van der Waals surface area contributed by atoms with E-state index in [0.717, 1.165) is 6.42 Å². The van der Waals surface area contributed by atoms with Gasteiger partial charge in [0.1, 0.15) is 0 Å².